The number of benzene rings is 7. The fourth-order valence-corrected chi connectivity index (χ4v) is 11.6. The molecule has 5 aliphatic carbocycles. The Morgan fingerprint density at radius 3 is 1.41 bits per heavy atom. The van der Waals surface area contributed by atoms with Crippen molar-refractivity contribution in [1.82, 2.24) is 0 Å². The number of anilines is 3. The van der Waals surface area contributed by atoms with Crippen LogP contribution in [0.3, 0.4) is 0 Å². The molecule has 7 aromatic rings. The highest BCUT2D eigenvalue weighted by atomic mass is 15.1. The van der Waals surface area contributed by atoms with Gasteiger partial charge in [0.2, 0.25) is 0 Å². The lowest BCUT2D eigenvalue weighted by atomic mass is 9.69. The van der Waals surface area contributed by atoms with Crippen LogP contribution in [-0.4, -0.2) is 0 Å². The monoisotopic (exact) mass is 717 g/mol. The van der Waals surface area contributed by atoms with Gasteiger partial charge in [-0.25, -0.2) is 0 Å². The van der Waals surface area contributed by atoms with E-state index in [4.69, 9.17) is 0 Å². The van der Waals surface area contributed by atoms with Gasteiger partial charge in [0.05, 0.1) is 5.41 Å². The van der Waals surface area contributed by atoms with Crippen molar-refractivity contribution in [3.63, 3.8) is 0 Å². The van der Waals surface area contributed by atoms with Crippen LogP contribution in [0, 0.1) is 0 Å². The Balaban J connectivity index is 1.13. The first-order valence-electron chi connectivity index (χ1n) is 20.3. The predicted octanol–water partition coefficient (Wildman–Crippen LogP) is 14.2. The van der Waals surface area contributed by atoms with Gasteiger partial charge in [-0.1, -0.05) is 155 Å². The highest BCUT2D eigenvalue weighted by Crippen LogP contribution is 2.64. The number of allylic oxidation sites excluding steroid dienone is 4. The Morgan fingerprint density at radius 1 is 0.393 bits per heavy atom. The molecule has 0 radical (unpaired) electrons. The average Bonchev–Trinajstić information content (AvgIpc) is 3.86. The van der Waals surface area contributed by atoms with Gasteiger partial charge in [-0.2, -0.15) is 0 Å². The molecule has 0 N–H and O–H groups in total. The summed E-state index contributed by atoms with van der Waals surface area (Å²) >= 11 is 0. The van der Waals surface area contributed by atoms with Crippen LogP contribution in [0.25, 0.3) is 39.0 Å². The number of nitrogens with zero attached hydrogens (tertiary/aromatic N) is 1. The SMILES string of the molecule is CC1(C)c2ccccc2-c2cc(N(c3ccc4c(c3)-c3ccccc3C4(C)C)c3ccc4c(c3)C3(C5=C(CCC=C5)c5ccccc53)c3ccccc3-4)ccc21. The van der Waals surface area contributed by atoms with Crippen molar-refractivity contribution in [2.24, 2.45) is 0 Å². The van der Waals surface area contributed by atoms with Crippen LogP contribution in [0.1, 0.15) is 85.0 Å². The van der Waals surface area contributed by atoms with E-state index in [2.05, 4.69) is 196 Å². The van der Waals surface area contributed by atoms with Gasteiger partial charge < -0.3 is 4.90 Å². The molecule has 0 heterocycles. The van der Waals surface area contributed by atoms with Crippen LogP contribution in [-0.2, 0) is 16.2 Å². The summed E-state index contributed by atoms with van der Waals surface area (Å²) in [5.41, 5.74) is 25.2. The van der Waals surface area contributed by atoms with Crippen molar-refractivity contribution in [1.29, 1.82) is 0 Å². The van der Waals surface area contributed by atoms with Crippen molar-refractivity contribution in [2.75, 3.05) is 4.90 Å². The third-order valence-corrected chi connectivity index (χ3v) is 14.2. The molecule has 0 bridgehead atoms. The molecule has 0 saturated carbocycles. The summed E-state index contributed by atoms with van der Waals surface area (Å²) in [4.78, 5) is 2.53. The maximum Gasteiger partial charge on any atom is 0.0722 e. The van der Waals surface area contributed by atoms with E-state index in [9.17, 15) is 0 Å². The largest absolute Gasteiger partial charge is 0.310 e. The molecule has 0 saturated heterocycles. The van der Waals surface area contributed by atoms with E-state index in [1.165, 1.54) is 106 Å². The Hall–Kier alpha value is -6.18. The number of hydrogen-bond acceptors (Lipinski definition) is 1. The molecule has 0 aliphatic heterocycles. The van der Waals surface area contributed by atoms with E-state index in [0.717, 1.165) is 12.8 Å². The number of fused-ring (bicyclic) bond motifs is 15. The minimum Gasteiger partial charge on any atom is -0.310 e. The summed E-state index contributed by atoms with van der Waals surface area (Å²) in [5.74, 6) is 0. The van der Waals surface area contributed by atoms with E-state index in [-0.39, 0.29) is 16.2 Å². The molecule has 56 heavy (non-hydrogen) atoms. The molecular weight excluding hydrogens is 675 g/mol. The fraction of sp³-hybridized carbons (Fsp3) is 0.164. The van der Waals surface area contributed by atoms with Crippen LogP contribution in [0.5, 0.6) is 0 Å². The maximum atomic E-state index is 2.54. The first kappa shape index (κ1) is 32.1. The highest BCUT2D eigenvalue weighted by Gasteiger charge is 2.52. The van der Waals surface area contributed by atoms with E-state index >= 15 is 0 Å². The molecule has 1 unspecified atom stereocenters. The normalized spacial score (nSPS) is 19.1. The Bertz CT molecular complexity index is 2820. The van der Waals surface area contributed by atoms with Crippen molar-refractivity contribution in [3.8, 4) is 33.4 Å². The van der Waals surface area contributed by atoms with Crippen LogP contribution in [0.4, 0.5) is 17.1 Å². The zero-order valence-electron chi connectivity index (χ0n) is 32.4. The third kappa shape index (κ3) is 3.91. The van der Waals surface area contributed by atoms with Crippen LogP contribution in [0.15, 0.2) is 169 Å². The summed E-state index contributed by atoms with van der Waals surface area (Å²) in [6.45, 7) is 9.48. The van der Waals surface area contributed by atoms with E-state index < -0.39 is 0 Å². The van der Waals surface area contributed by atoms with E-state index in [1.807, 2.05) is 0 Å². The molecule has 5 aliphatic rings. The van der Waals surface area contributed by atoms with Gasteiger partial charge in [-0.3, -0.25) is 0 Å². The van der Waals surface area contributed by atoms with Crippen LogP contribution in [0.2, 0.25) is 0 Å². The third-order valence-electron chi connectivity index (χ3n) is 14.2. The molecule has 1 heteroatoms. The molecule has 0 fully saturated rings. The predicted molar refractivity (Wildman–Crippen MR) is 233 cm³/mol. The molecule has 1 spiro atoms. The van der Waals surface area contributed by atoms with Crippen molar-refractivity contribution in [3.05, 3.63) is 214 Å². The average molecular weight is 718 g/mol. The van der Waals surface area contributed by atoms with Gasteiger partial charge in [0, 0.05) is 27.9 Å². The van der Waals surface area contributed by atoms with Gasteiger partial charge in [0.25, 0.3) is 0 Å². The lowest BCUT2D eigenvalue weighted by molar-refractivity contribution is 0.660. The zero-order chi connectivity index (χ0) is 37.6. The number of hydrogen-bond donors (Lipinski definition) is 0. The molecule has 268 valence electrons. The lowest BCUT2D eigenvalue weighted by Gasteiger charge is -2.34. The van der Waals surface area contributed by atoms with Crippen LogP contribution < -0.4 is 4.90 Å². The van der Waals surface area contributed by atoms with Gasteiger partial charge in [-0.15, -0.1) is 0 Å². The minimum atomic E-state index is -0.363. The fourth-order valence-electron chi connectivity index (χ4n) is 11.6. The molecular formula is C55H43N. The quantitative estimate of drug-likeness (QED) is 0.176. The summed E-state index contributed by atoms with van der Waals surface area (Å²) in [5, 5.41) is 0. The summed E-state index contributed by atoms with van der Waals surface area (Å²) in [7, 11) is 0. The van der Waals surface area contributed by atoms with E-state index in [1.54, 1.807) is 0 Å². The van der Waals surface area contributed by atoms with Gasteiger partial charge in [0.1, 0.15) is 0 Å². The summed E-state index contributed by atoms with van der Waals surface area (Å²) in [6.07, 6.45) is 7.02. The molecule has 0 aromatic heterocycles. The molecule has 1 nitrogen and oxygen atoms in total. The highest BCUT2D eigenvalue weighted by molar-refractivity contribution is 5.98. The zero-order valence-corrected chi connectivity index (χ0v) is 32.4. The maximum absolute atomic E-state index is 2.54. The Labute approximate surface area is 330 Å². The topological polar surface area (TPSA) is 3.24 Å². The van der Waals surface area contributed by atoms with Crippen molar-refractivity contribution < 1.29 is 0 Å². The van der Waals surface area contributed by atoms with Crippen molar-refractivity contribution in [2.45, 2.75) is 56.8 Å². The van der Waals surface area contributed by atoms with Gasteiger partial charge >= 0.3 is 0 Å². The summed E-state index contributed by atoms with van der Waals surface area (Å²) < 4.78 is 0. The second-order valence-corrected chi connectivity index (χ2v) is 17.5. The second kappa shape index (κ2) is 11.0. The van der Waals surface area contributed by atoms with Crippen LogP contribution >= 0.6 is 0 Å². The minimum absolute atomic E-state index is 0.0569. The van der Waals surface area contributed by atoms with E-state index in [0.29, 0.717) is 0 Å². The summed E-state index contributed by atoms with van der Waals surface area (Å²) in [6, 6.07) is 58.2. The second-order valence-electron chi connectivity index (χ2n) is 17.5. The molecule has 7 aromatic carbocycles. The van der Waals surface area contributed by atoms with Gasteiger partial charge in [0.15, 0.2) is 0 Å². The molecule has 12 rings (SSSR count). The Kier molecular flexibility index (Phi) is 6.30. The lowest BCUT2D eigenvalue weighted by Crippen LogP contribution is -2.27. The first-order valence-corrected chi connectivity index (χ1v) is 20.3. The first-order chi connectivity index (χ1) is 27.3. The Morgan fingerprint density at radius 2 is 0.821 bits per heavy atom. The standard InChI is InChI=1S/C55H43N/c1-53(2)45-20-10-5-18-40(45)43-31-34(26-29-47(43)53)56(35-27-30-48-44(32-35)41-19-6-11-21-46(41)54(48,3)4)36-25-28-42-39-17-9-14-24-51(39)55(52(42)33-36)49-22-12-7-15-37(49)38-16-8-13-23-50(38)55/h5-7,9-15,17-33H,8,16H2,1-4H3. The smallest absolute Gasteiger partial charge is 0.0722 e. The number of rotatable bonds is 3. The van der Waals surface area contributed by atoms with Crippen molar-refractivity contribution >= 4 is 22.6 Å². The van der Waals surface area contributed by atoms with Gasteiger partial charge in [-0.05, 0) is 138 Å². The molecule has 0 amide bonds. The molecule has 1 atom stereocenters.